The number of H-pyrrole nitrogens is 1. The molecule has 24 heavy (non-hydrogen) atoms. The lowest BCUT2D eigenvalue weighted by Gasteiger charge is -2.22. The number of nitrogens with one attached hydrogen (secondary N) is 1. The molecule has 2 N–H and O–H groups in total. The van der Waals surface area contributed by atoms with Gasteiger partial charge >= 0.3 is 0 Å². The van der Waals surface area contributed by atoms with Crippen LogP contribution in [-0.4, -0.2) is 27.6 Å². The zero-order chi connectivity index (χ0) is 16.8. The number of fused-ring (bicyclic) bond motifs is 2. The Bertz CT molecular complexity index is 930. The first kappa shape index (κ1) is 14.9. The van der Waals surface area contributed by atoms with Crippen LogP contribution in [0.2, 0.25) is 0 Å². The molecular formula is C20H20N2O2. The normalized spacial score (nSPS) is 23.1. The number of aromatic amines is 1. The number of ketones is 1. The number of rotatable bonds is 3. The number of carbonyl (C=O) groups is 1. The van der Waals surface area contributed by atoms with E-state index < -0.39 is 0 Å². The Kier molecular flexibility index (Phi) is 3.41. The zero-order valence-electron chi connectivity index (χ0n) is 13.8. The molecule has 1 aliphatic heterocycles. The largest absolute Gasteiger partial charge is 0.505 e. The number of aliphatic imine (C=N–C) groups is 1. The van der Waals surface area contributed by atoms with Crippen molar-refractivity contribution in [1.29, 1.82) is 0 Å². The van der Waals surface area contributed by atoms with Crippen LogP contribution in [-0.2, 0) is 4.79 Å². The molecule has 2 unspecified atom stereocenters. The molecule has 4 rings (SSSR count). The fourth-order valence-electron chi connectivity index (χ4n) is 3.73. The Labute approximate surface area is 140 Å². The second-order valence-electron chi connectivity index (χ2n) is 6.37. The first-order chi connectivity index (χ1) is 11.6. The lowest BCUT2D eigenvalue weighted by atomic mass is 9.81. The van der Waals surface area contributed by atoms with Crippen LogP contribution in [0.3, 0.4) is 0 Å². The van der Waals surface area contributed by atoms with Crippen molar-refractivity contribution in [2.45, 2.75) is 32.7 Å². The van der Waals surface area contributed by atoms with Gasteiger partial charge in [0, 0.05) is 10.9 Å². The van der Waals surface area contributed by atoms with E-state index in [1.54, 1.807) is 0 Å². The highest BCUT2D eigenvalue weighted by Gasteiger charge is 2.41. The standard InChI is InChI=1S/C20H20N2O2/c1-3-11-9-12(4-2)16-15(10-11)22-18(20(16)24)17-19(23)13-7-5-6-8-14(13)21-17/h5-10,15-16,21,23H,3-4H2,1-2H3. The lowest BCUT2D eigenvalue weighted by molar-refractivity contribution is -0.114. The molecule has 4 heteroatoms. The molecule has 2 heterocycles. The van der Waals surface area contributed by atoms with E-state index in [-0.39, 0.29) is 23.5 Å². The van der Waals surface area contributed by atoms with E-state index in [0.29, 0.717) is 16.8 Å². The summed E-state index contributed by atoms with van der Waals surface area (Å²) in [4.78, 5) is 20.8. The minimum absolute atomic E-state index is 0.00126. The van der Waals surface area contributed by atoms with E-state index in [1.165, 1.54) is 5.57 Å². The number of Topliss-reactive ketones (excluding diaryl/α,β-unsaturated/α-hetero) is 1. The molecule has 0 bridgehead atoms. The molecule has 2 aromatic rings. The van der Waals surface area contributed by atoms with Crippen LogP contribution in [0.15, 0.2) is 52.6 Å². The predicted molar refractivity (Wildman–Crippen MR) is 95.5 cm³/mol. The molecule has 0 radical (unpaired) electrons. The van der Waals surface area contributed by atoms with Gasteiger partial charge in [0.2, 0.25) is 0 Å². The summed E-state index contributed by atoms with van der Waals surface area (Å²) in [6.45, 7) is 4.19. The van der Waals surface area contributed by atoms with Crippen LogP contribution in [0.25, 0.3) is 10.9 Å². The van der Waals surface area contributed by atoms with E-state index >= 15 is 0 Å². The van der Waals surface area contributed by atoms with Crippen LogP contribution in [0, 0.1) is 5.92 Å². The van der Waals surface area contributed by atoms with Crippen molar-refractivity contribution in [2.24, 2.45) is 10.9 Å². The smallest absolute Gasteiger partial charge is 0.192 e. The lowest BCUT2D eigenvalue weighted by Crippen LogP contribution is -2.27. The molecule has 4 nitrogen and oxygen atoms in total. The first-order valence-electron chi connectivity index (χ1n) is 8.47. The van der Waals surface area contributed by atoms with Crippen LogP contribution < -0.4 is 0 Å². The Hall–Kier alpha value is -2.62. The third-order valence-corrected chi connectivity index (χ3v) is 5.02. The van der Waals surface area contributed by atoms with Gasteiger partial charge in [-0.1, -0.05) is 49.3 Å². The molecule has 2 aliphatic rings. The number of carbonyl (C=O) groups excluding carboxylic acids is 1. The van der Waals surface area contributed by atoms with Gasteiger partial charge in [0.1, 0.15) is 11.4 Å². The number of allylic oxidation sites excluding steroid dienone is 2. The molecule has 0 spiro atoms. The molecule has 122 valence electrons. The van der Waals surface area contributed by atoms with Gasteiger partial charge < -0.3 is 10.1 Å². The van der Waals surface area contributed by atoms with Gasteiger partial charge in [0.25, 0.3) is 0 Å². The maximum absolute atomic E-state index is 13.0. The molecule has 0 fully saturated rings. The minimum atomic E-state index is -0.217. The summed E-state index contributed by atoms with van der Waals surface area (Å²) in [6, 6.07) is 7.34. The summed E-state index contributed by atoms with van der Waals surface area (Å²) in [5, 5.41) is 11.2. The third kappa shape index (κ3) is 2.06. The SMILES string of the molecule is CCC1=CC2N=C(c3[nH]c4ccccc4c3O)C(=O)C2C(CC)=C1. The van der Waals surface area contributed by atoms with Crippen LogP contribution in [0.4, 0.5) is 0 Å². The van der Waals surface area contributed by atoms with Gasteiger partial charge in [0.05, 0.1) is 12.0 Å². The Morgan fingerprint density at radius 1 is 1.21 bits per heavy atom. The summed E-state index contributed by atoms with van der Waals surface area (Å²) < 4.78 is 0. The van der Waals surface area contributed by atoms with Gasteiger partial charge in [-0.05, 0) is 25.0 Å². The number of aromatic nitrogens is 1. The van der Waals surface area contributed by atoms with E-state index in [4.69, 9.17) is 0 Å². The molecule has 1 aliphatic carbocycles. The van der Waals surface area contributed by atoms with Crippen molar-refractivity contribution in [3.05, 3.63) is 53.3 Å². The molecule has 0 saturated heterocycles. The highest BCUT2D eigenvalue weighted by Crippen LogP contribution is 2.38. The molecule has 1 aromatic heterocycles. The molecule has 2 atom stereocenters. The maximum Gasteiger partial charge on any atom is 0.192 e. The average Bonchev–Trinajstić information content (AvgIpc) is 3.12. The number of para-hydroxylation sites is 1. The topological polar surface area (TPSA) is 65.4 Å². The summed E-state index contributed by atoms with van der Waals surface area (Å²) >= 11 is 0. The Balaban J connectivity index is 1.82. The van der Waals surface area contributed by atoms with Crippen molar-refractivity contribution < 1.29 is 9.90 Å². The first-order valence-corrected chi connectivity index (χ1v) is 8.47. The van der Waals surface area contributed by atoms with Crippen molar-refractivity contribution >= 4 is 22.4 Å². The van der Waals surface area contributed by atoms with E-state index in [1.807, 2.05) is 24.3 Å². The molecule has 0 saturated carbocycles. The van der Waals surface area contributed by atoms with Crippen molar-refractivity contribution in [2.75, 3.05) is 0 Å². The number of hydrogen-bond donors (Lipinski definition) is 2. The summed E-state index contributed by atoms with van der Waals surface area (Å²) in [6.07, 6.45) is 6.01. The Morgan fingerprint density at radius 3 is 2.71 bits per heavy atom. The van der Waals surface area contributed by atoms with Crippen LogP contribution in [0.1, 0.15) is 32.4 Å². The van der Waals surface area contributed by atoms with E-state index in [0.717, 1.165) is 23.9 Å². The minimum Gasteiger partial charge on any atom is -0.505 e. The predicted octanol–water partition coefficient (Wildman–Crippen LogP) is 3.92. The van der Waals surface area contributed by atoms with Crippen LogP contribution in [0.5, 0.6) is 5.75 Å². The van der Waals surface area contributed by atoms with Gasteiger partial charge in [-0.2, -0.15) is 0 Å². The van der Waals surface area contributed by atoms with Crippen molar-refractivity contribution in [3.8, 4) is 5.75 Å². The number of hydrogen-bond acceptors (Lipinski definition) is 3. The Morgan fingerprint density at radius 2 is 2.00 bits per heavy atom. The number of aromatic hydroxyl groups is 1. The average molecular weight is 320 g/mol. The molecular weight excluding hydrogens is 300 g/mol. The monoisotopic (exact) mass is 320 g/mol. The van der Waals surface area contributed by atoms with E-state index in [9.17, 15) is 9.90 Å². The zero-order valence-corrected chi connectivity index (χ0v) is 13.8. The fourth-order valence-corrected chi connectivity index (χ4v) is 3.73. The summed E-state index contributed by atoms with van der Waals surface area (Å²) in [5.41, 5.74) is 3.99. The highest BCUT2D eigenvalue weighted by atomic mass is 16.3. The highest BCUT2D eigenvalue weighted by molar-refractivity contribution is 6.49. The van der Waals surface area contributed by atoms with Gasteiger partial charge in [-0.25, -0.2) is 0 Å². The number of nitrogens with zero attached hydrogens (tertiary/aromatic N) is 1. The molecule has 0 amide bonds. The van der Waals surface area contributed by atoms with Crippen molar-refractivity contribution in [3.63, 3.8) is 0 Å². The quantitative estimate of drug-likeness (QED) is 0.900. The van der Waals surface area contributed by atoms with Gasteiger partial charge in [-0.15, -0.1) is 0 Å². The van der Waals surface area contributed by atoms with E-state index in [2.05, 4.69) is 36.0 Å². The van der Waals surface area contributed by atoms with Crippen LogP contribution >= 0.6 is 0 Å². The summed E-state index contributed by atoms with van der Waals surface area (Å²) in [5.74, 6) is -0.106. The van der Waals surface area contributed by atoms with Gasteiger partial charge in [0.15, 0.2) is 11.5 Å². The van der Waals surface area contributed by atoms with Gasteiger partial charge in [-0.3, -0.25) is 9.79 Å². The number of benzene rings is 1. The second kappa shape index (κ2) is 5.48. The van der Waals surface area contributed by atoms with Crippen molar-refractivity contribution in [1.82, 2.24) is 4.98 Å². The third-order valence-electron chi connectivity index (χ3n) is 5.02. The molecule has 1 aromatic carbocycles. The fraction of sp³-hybridized carbons (Fsp3) is 0.300. The maximum atomic E-state index is 13.0. The second-order valence-corrected chi connectivity index (χ2v) is 6.37. The summed E-state index contributed by atoms with van der Waals surface area (Å²) in [7, 11) is 0.